The van der Waals surface area contributed by atoms with E-state index in [4.69, 9.17) is 15.2 Å². The van der Waals surface area contributed by atoms with Gasteiger partial charge in [-0.1, -0.05) is 17.3 Å². The third-order valence-electron chi connectivity index (χ3n) is 3.52. The normalized spacial score (nSPS) is 18.4. The van der Waals surface area contributed by atoms with Crippen molar-refractivity contribution in [1.82, 2.24) is 15.0 Å². The van der Waals surface area contributed by atoms with Crippen LogP contribution < -0.4 is 10.5 Å². The summed E-state index contributed by atoms with van der Waals surface area (Å²) in [5, 5.41) is 8.42. The average Bonchev–Trinajstić information content (AvgIpc) is 3.15. The molecule has 1 aromatic heterocycles. The number of aromatic nitrogens is 3. The van der Waals surface area contributed by atoms with Gasteiger partial charge in [0.05, 0.1) is 12.8 Å². The standard InChI is InChI=1S/C14H18N4O2/c1-19-12-6-3-2-5-11(12)18-14(10(9-15)16-17-18)13-7-4-8-20-13/h2-3,5-6,13H,4,7-9,15H2,1H3. The van der Waals surface area contributed by atoms with Crippen molar-refractivity contribution in [2.24, 2.45) is 5.73 Å². The van der Waals surface area contributed by atoms with Crippen LogP contribution in [0.3, 0.4) is 0 Å². The number of hydrogen-bond donors (Lipinski definition) is 1. The first-order chi connectivity index (χ1) is 9.85. The second-order valence-corrected chi connectivity index (χ2v) is 4.71. The van der Waals surface area contributed by atoms with E-state index in [9.17, 15) is 0 Å². The second-order valence-electron chi connectivity index (χ2n) is 4.71. The Kier molecular flexibility index (Phi) is 3.66. The van der Waals surface area contributed by atoms with Gasteiger partial charge in [0.25, 0.3) is 0 Å². The lowest BCUT2D eigenvalue weighted by Crippen LogP contribution is -2.11. The molecule has 6 nitrogen and oxygen atoms in total. The quantitative estimate of drug-likeness (QED) is 0.916. The van der Waals surface area contributed by atoms with Crippen molar-refractivity contribution >= 4 is 0 Å². The number of hydrogen-bond acceptors (Lipinski definition) is 5. The zero-order valence-electron chi connectivity index (χ0n) is 11.5. The van der Waals surface area contributed by atoms with Gasteiger partial charge in [-0.05, 0) is 25.0 Å². The Hall–Kier alpha value is -1.92. The molecule has 0 saturated carbocycles. The van der Waals surface area contributed by atoms with Gasteiger partial charge in [0.15, 0.2) is 0 Å². The third-order valence-corrected chi connectivity index (χ3v) is 3.52. The second kappa shape index (κ2) is 5.60. The molecule has 0 bridgehead atoms. The molecular formula is C14H18N4O2. The van der Waals surface area contributed by atoms with Crippen molar-refractivity contribution in [2.75, 3.05) is 13.7 Å². The van der Waals surface area contributed by atoms with Gasteiger partial charge < -0.3 is 15.2 Å². The monoisotopic (exact) mass is 274 g/mol. The Labute approximate surface area is 117 Å². The SMILES string of the molecule is COc1ccccc1-n1nnc(CN)c1C1CCCO1. The molecule has 0 amide bonds. The highest BCUT2D eigenvalue weighted by Gasteiger charge is 2.27. The number of methoxy groups -OCH3 is 1. The fourth-order valence-corrected chi connectivity index (χ4v) is 2.56. The minimum atomic E-state index is 0.00784. The molecule has 0 aliphatic carbocycles. The Balaban J connectivity index is 2.11. The van der Waals surface area contributed by atoms with Crippen LogP contribution in [-0.2, 0) is 11.3 Å². The average molecular weight is 274 g/mol. The van der Waals surface area contributed by atoms with Gasteiger partial charge in [0.1, 0.15) is 23.2 Å². The van der Waals surface area contributed by atoms with Crippen LogP contribution in [0.25, 0.3) is 5.69 Å². The van der Waals surface area contributed by atoms with Crippen molar-refractivity contribution in [1.29, 1.82) is 0 Å². The fourth-order valence-electron chi connectivity index (χ4n) is 2.56. The minimum absolute atomic E-state index is 0.00784. The van der Waals surface area contributed by atoms with Crippen molar-refractivity contribution < 1.29 is 9.47 Å². The van der Waals surface area contributed by atoms with Crippen LogP contribution in [0, 0.1) is 0 Å². The van der Waals surface area contributed by atoms with Crippen molar-refractivity contribution in [3.05, 3.63) is 35.7 Å². The van der Waals surface area contributed by atoms with E-state index in [0.29, 0.717) is 6.54 Å². The molecule has 3 rings (SSSR count). The van der Waals surface area contributed by atoms with Crippen LogP contribution in [0.5, 0.6) is 5.75 Å². The summed E-state index contributed by atoms with van der Waals surface area (Å²) in [6.45, 7) is 1.12. The first kappa shape index (κ1) is 13.1. The van der Waals surface area contributed by atoms with E-state index in [0.717, 1.165) is 42.3 Å². The Morgan fingerprint density at radius 2 is 2.30 bits per heavy atom. The summed E-state index contributed by atoms with van der Waals surface area (Å²) in [5.41, 5.74) is 8.35. The zero-order valence-corrected chi connectivity index (χ0v) is 11.5. The number of nitrogens with zero attached hydrogens (tertiary/aromatic N) is 3. The van der Waals surface area contributed by atoms with Gasteiger partial charge >= 0.3 is 0 Å². The molecule has 2 aromatic rings. The van der Waals surface area contributed by atoms with Crippen molar-refractivity contribution in [3.8, 4) is 11.4 Å². The first-order valence-electron chi connectivity index (χ1n) is 6.74. The molecule has 0 spiro atoms. The van der Waals surface area contributed by atoms with Gasteiger partial charge in [-0.3, -0.25) is 0 Å². The number of para-hydroxylation sites is 2. The number of rotatable bonds is 4. The minimum Gasteiger partial charge on any atom is -0.494 e. The lowest BCUT2D eigenvalue weighted by atomic mass is 10.1. The van der Waals surface area contributed by atoms with Crippen LogP contribution in [0.2, 0.25) is 0 Å². The van der Waals surface area contributed by atoms with E-state index in [1.165, 1.54) is 0 Å². The maximum Gasteiger partial charge on any atom is 0.144 e. The number of benzene rings is 1. The molecule has 106 valence electrons. The van der Waals surface area contributed by atoms with E-state index in [1.807, 2.05) is 24.3 Å². The van der Waals surface area contributed by atoms with E-state index in [1.54, 1.807) is 11.8 Å². The largest absolute Gasteiger partial charge is 0.494 e. The van der Waals surface area contributed by atoms with Crippen LogP contribution >= 0.6 is 0 Å². The van der Waals surface area contributed by atoms with E-state index >= 15 is 0 Å². The molecule has 1 unspecified atom stereocenters. The van der Waals surface area contributed by atoms with Crippen molar-refractivity contribution in [2.45, 2.75) is 25.5 Å². The van der Waals surface area contributed by atoms with Crippen LogP contribution in [-0.4, -0.2) is 28.7 Å². The van der Waals surface area contributed by atoms with E-state index < -0.39 is 0 Å². The highest BCUT2D eigenvalue weighted by molar-refractivity contribution is 5.47. The highest BCUT2D eigenvalue weighted by atomic mass is 16.5. The molecule has 20 heavy (non-hydrogen) atoms. The number of nitrogens with two attached hydrogens (primary N) is 1. The molecular weight excluding hydrogens is 256 g/mol. The zero-order chi connectivity index (χ0) is 13.9. The summed E-state index contributed by atoms with van der Waals surface area (Å²) in [7, 11) is 1.64. The summed E-state index contributed by atoms with van der Waals surface area (Å²) in [6.07, 6.45) is 2.02. The van der Waals surface area contributed by atoms with Gasteiger partial charge in [0, 0.05) is 13.2 Å². The van der Waals surface area contributed by atoms with E-state index in [-0.39, 0.29) is 6.10 Å². The fraction of sp³-hybridized carbons (Fsp3) is 0.429. The summed E-state index contributed by atoms with van der Waals surface area (Å²) < 4.78 is 13.0. The van der Waals surface area contributed by atoms with Crippen LogP contribution in [0.15, 0.2) is 24.3 Å². The smallest absolute Gasteiger partial charge is 0.144 e. The molecule has 0 radical (unpaired) electrons. The molecule has 2 heterocycles. The predicted octanol–water partition coefficient (Wildman–Crippen LogP) is 1.59. The summed E-state index contributed by atoms with van der Waals surface area (Å²) >= 11 is 0. The number of ether oxygens (including phenoxy) is 2. The van der Waals surface area contributed by atoms with Gasteiger partial charge in [-0.25, -0.2) is 4.68 Å². The molecule has 1 atom stereocenters. The topological polar surface area (TPSA) is 75.2 Å². The summed E-state index contributed by atoms with van der Waals surface area (Å²) in [4.78, 5) is 0. The molecule has 6 heteroatoms. The maximum atomic E-state index is 5.78. The lowest BCUT2D eigenvalue weighted by molar-refractivity contribution is 0.106. The Bertz CT molecular complexity index is 591. The van der Waals surface area contributed by atoms with Crippen LogP contribution in [0.1, 0.15) is 30.3 Å². The van der Waals surface area contributed by atoms with Gasteiger partial charge in [0.2, 0.25) is 0 Å². The lowest BCUT2D eigenvalue weighted by Gasteiger charge is -2.15. The molecule has 1 saturated heterocycles. The maximum absolute atomic E-state index is 5.78. The third kappa shape index (κ3) is 2.17. The molecule has 2 N–H and O–H groups in total. The van der Waals surface area contributed by atoms with Crippen LogP contribution in [0.4, 0.5) is 0 Å². The Morgan fingerprint density at radius 3 is 3.00 bits per heavy atom. The van der Waals surface area contributed by atoms with Crippen molar-refractivity contribution in [3.63, 3.8) is 0 Å². The van der Waals surface area contributed by atoms with E-state index in [2.05, 4.69) is 10.3 Å². The summed E-state index contributed by atoms with van der Waals surface area (Å²) in [5.74, 6) is 0.750. The van der Waals surface area contributed by atoms with Gasteiger partial charge in [-0.15, -0.1) is 5.10 Å². The summed E-state index contributed by atoms with van der Waals surface area (Å²) in [6, 6.07) is 7.72. The predicted molar refractivity (Wildman–Crippen MR) is 73.7 cm³/mol. The highest BCUT2D eigenvalue weighted by Crippen LogP contribution is 2.33. The first-order valence-corrected chi connectivity index (χ1v) is 6.74. The molecule has 1 aliphatic rings. The Morgan fingerprint density at radius 1 is 1.45 bits per heavy atom. The molecule has 1 aromatic carbocycles. The molecule has 1 aliphatic heterocycles. The molecule has 1 fully saturated rings. The van der Waals surface area contributed by atoms with Gasteiger partial charge in [-0.2, -0.15) is 0 Å².